The molecule has 11 heteroatoms. The van der Waals surface area contributed by atoms with Crippen molar-refractivity contribution in [1.29, 1.82) is 0 Å². The quantitative estimate of drug-likeness (QED) is 0.160. The molecule has 0 spiro atoms. The van der Waals surface area contributed by atoms with Gasteiger partial charge in [-0.25, -0.2) is 8.42 Å². The summed E-state index contributed by atoms with van der Waals surface area (Å²) in [6.07, 6.45) is 0.196. The van der Waals surface area contributed by atoms with Gasteiger partial charge in [-0.3, -0.25) is 13.9 Å². The van der Waals surface area contributed by atoms with E-state index in [2.05, 4.69) is 5.32 Å². The van der Waals surface area contributed by atoms with Crippen LogP contribution in [0.3, 0.4) is 0 Å². The average molecular weight is 697 g/mol. The maximum Gasteiger partial charge on any atom is 0.264 e. The fourth-order valence-corrected chi connectivity index (χ4v) is 6.73. The molecule has 4 aromatic carbocycles. The van der Waals surface area contributed by atoms with E-state index in [4.69, 9.17) is 27.9 Å². The van der Waals surface area contributed by atoms with Crippen molar-refractivity contribution in [1.82, 2.24) is 10.2 Å². The number of nitrogens with one attached hydrogen (secondary N) is 1. The van der Waals surface area contributed by atoms with Gasteiger partial charge in [0.2, 0.25) is 11.8 Å². The SMILES string of the molecule is CCOc1ccc(N(CC(=O)N(Cc2cccc(Cl)c2)[C@H](Cc2ccccc2)C(=O)NC(C)(C)C)S(=O)(=O)c2ccc(Cl)cc2)cc1. The van der Waals surface area contributed by atoms with Gasteiger partial charge in [0.25, 0.3) is 10.0 Å². The number of rotatable bonds is 13. The number of amides is 2. The van der Waals surface area contributed by atoms with Crippen LogP contribution in [0.25, 0.3) is 0 Å². The second-order valence-corrected chi connectivity index (χ2v) is 14.7. The van der Waals surface area contributed by atoms with E-state index in [1.165, 1.54) is 29.2 Å². The van der Waals surface area contributed by atoms with Crippen LogP contribution in [0.15, 0.2) is 108 Å². The fourth-order valence-electron chi connectivity index (χ4n) is 4.98. The molecule has 1 N–H and O–H groups in total. The van der Waals surface area contributed by atoms with Crippen LogP contribution in [0.5, 0.6) is 5.75 Å². The number of carbonyl (C=O) groups excluding carboxylic acids is 2. The summed E-state index contributed by atoms with van der Waals surface area (Å²) in [6.45, 7) is 7.28. The molecule has 248 valence electrons. The first-order chi connectivity index (χ1) is 22.3. The Kier molecular flexibility index (Phi) is 12.0. The van der Waals surface area contributed by atoms with Gasteiger partial charge in [0.15, 0.2) is 0 Å². The molecule has 0 heterocycles. The van der Waals surface area contributed by atoms with Gasteiger partial charge in [0.1, 0.15) is 18.3 Å². The first kappa shape index (κ1) is 35.8. The van der Waals surface area contributed by atoms with Gasteiger partial charge in [-0.05, 0) is 99.5 Å². The van der Waals surface area contributed by atoms with Crippen molar-refractivity contribution < 1.29 is 22.7 Å². The van der Waals surface area contributed by atoms with E-state index in [0.29, 0.717) is 28.0 Å². The largest absolute Gasteiger partial charge is 0.494 e. The first-order valence-corrected chi connectivity index (χ1v) is 17.4. The Balaban J connectivity index is 1.82. The third-order valence-electron chi connectivity index (χ3n) is 7.13. The minimum absolute atomic E-state index is 0.00651. The number of benzene rings is 4. The number of anilines is 1. The van der Waals surface area contributed by atoms with Crippen LogP contribution < -0.4 is 14.4 Å². The number of sulfonamides is 1. The highest BCUT2D eigenvalue weighted by Gasteiger charge is 2.35. The highest BCUT2D eigenvalue weighted by Crippen LogP contribution is 2.28. The van der Waals surface area contributed by atoms with E-state index in [9.17, 15) is 18.0 Å². The Morgan fingerprint density at radius 3 is 2.06 bits per heavy atom. The van der Waals surface area contributed by atoms with Gasteiger partial charge in [-0.2, -0.15) is 0 Å². The van der Waals surface area contributed by atoms with Crippen LogP contribution in [0.2, 0.25) is 10.0 Å². The standard InChI is InChI=1S/C36H39Cl2N3O5S/c1-5-46-31-18-16-30(17-19-31)41(47(44,45)32-20-14-28(37)15-21-32)25-34(42)40(24-27-12-9-13-29(38)22-27)33(35(43)39-36(2,3)4)23-26-10-7-6-8-11-26/h6-22,33H,5,23-25H2,1-4H3,(H,39,43)/t33-/m1/s1. The van der Waals surface area contributed by atoms with E-state index in [-0.39, 0.29) is 29.5 Å². The zero-order valence-corrected chi connectivity index (χ0v) is 29.1. The molecule has 0 aliphatic heterocycles. The lowest BCUT2D eigenvalue weighted by atomic mass is 10.0. The van der Waals surface area contributed by atoms with Crippen LogP contribution >= 0.6 is 23.2 Å². The van der Waals surface area contributed by atoms with Gasteiger partial charge in [-0.1, -0.05) is 65.7 Å². The maximum atomic E-state index is 14.6. The number of hydrogen-bond donors (Lipinski definition) is 1. The summed E-state index contributed by atoms with van der Waals surface area (Å²) in [5, 5.41) is 3.86. The van der Waals surface area contributed by atoms with Gasteiger partial charge >= 0.3 is 0 Å². The molecule has 0 saturated carbocycles. The summed E-state index contributed by atoms with van der Waals surface area (Å²) in [7, 11) is -4.27. The van der Waals surface area contributed by atoms with E-state index in [1.807, 2.05) is 64.1 Å². The van der Waals surface area contributed by atoms with Crippen molar-refractivity contribution in [2.24, 2.45) is 0 Å². The number of carbonyl (C=O) groups is 2. The molecule has 8 nitrogen and oxygen atoms in total. The number of ether oxygens (including phenoxy) is 1. The zero-order chi connectivity index (χ0) is 34.2. The van der Waals surface area contributed by atoms with Crippen LogP contribution in [0, 0.1) is 0 Å². The molecule has 47 heavy (non-hydrogen) atoms. The minimum atomic E-state index is -4.27. The summed E-state index contributed by atoms with van der Waals surface area (Å²) in [5.41, 5.74) is 1.17. The summed E-state index contributed by atoms with van der Waals surface area (Å²) < 4.78 is 35.0. The van der Waals surface area contributed by atoms with Gasteiger partial charge in [0, 0.05) is 28.5 Å². The maximum absolute atomic E-state index is 14.6. The van der Waals surface area contributed by atoms with Gasteiger partial charge < -0.3 is 15.0 Å². The molecule has 4 aromatic rings. The molecule has 4 rings (SSSR count). The van der Waals surface area contributed by atoms with Crippen molar-refractivity contribution in [2.75, 3.05) is 17.5 Å². The van der Waals surface area contributed by atoms with Crippen LogP contribution in [0.1, 0.15) is 38.8 Å². The average Bonchev–Trinajstić information content (AvgIpc) is 3.02. The molecule has 0 aromatic heterocycles. The Morgan fingerprint density at radius 1 is 0.830 bits per heavy atom. The Morgan fingerprint density at radius 2 is 1.47 bits per heavy atom. The lowest BCUT2D eigenvalue weighted by Crippen LogP contribution is -2.56. The second-order valence-electron chi connectivity index (χ2n) is 12.0. The normalized spacial score (nSPS) is 12.2. The number of halogens is 2. The third kappa shape index (κ3) is 9.97. The highest BCUT2D eigenvalue weighted by atomic mass is 35.5. The molecule has 0 fully saturated rings. The topological polar surface area (TPSA) is 96.0 Å². The Labute approximate surface area is 287 Å². The summed E-state index contributed by atoms with van der Waals surface area (Å²) in [5.74, 6) is -0.401. The van der Waals surface area contributed by atoms with Gasteiger partial charge in [-0.15, -0.1) is 0 Å². The van der Waals surface area contributed by atoms with Crippen LogP contribution in [-0.4, -0.2) is 49.9 Å². The molecule has 0 aliphatic carbocycles. The van der Waals surface area contributed by atoms with E-state index in [1.54, 1.807) is 42.5 Å². The summed E-state index contributed by atoms with van der Waals surface area (Å²) in [4.78, 5) is 29.9. The predicted molar refractivity (Wildman–Crippen MR) is 187 cm³/mol. The highest BCUT2D eigenvalue weighted by molar-refractivity contribution is 7.92. The van der Waals surface area contributed by atoms with E-state index in [0.717, 1.165) is 9.87 Å². The lowest BCUT2D eigenvalue weighted by Gasteiger charge is -2.35. The fraction of sp³-hybridized carbons (Fsp3) is 0.278. The molecule has 0 bridgehead atoms. The Hall–Kier alpha value is -4.05. The molecular weight excluding hydrogens is 657 g/mol. The first-order valence-electron chi connectivity index (χ1n) is 15.2. The number of hydrogen-bond acceptors (Lipinski definition) is 5. The minimum Gasteiger partial charge on any atom is -0.494 e. The molecular formula is C36H39Cl2N3O5S. The van der Waals surface area contributed by atoms with Crippen LogP contribution in [-0.2, 0) is 32.6 Å². The predicted octanol–water partition coefficient (Wildman–Crippen LogP) is 7.14. The molecule has 2 amide bonds. The van der Waals surface area contributed by atoms with Crippen molar-refractivity contribution in [3.8, 4) is 5.75 Å². The van der Waals surface area contributed by atoms with Crippen molar-refractivity contribution in [2.45, 2.75) is 57.1 Å². The Bertz CT molecular complexity index is 1760. The monoisotopic (exact) mass is 695 g/mol. The molecule has 0 radical (unpaired) electrons. The van der Waals surface area contributed by atoms with Crippen molar-refractivity contribution >= 4 is 50.7 Å². The second kappa shape index (κ2) is 15.7. The molecule has 0 saturated heterocycles. The van der Waals surface area contributed by atoms with E-state index < -0.39 is 34.1 Å². The third-order valence-corrected chi connectivity index (χ3v) is 9.40. The smallest absolute Gasteiger partial charge is 0.264 e. The number of nitrogens with zero attached hydrogens (tertiary/aromatic N) is 2. The summed E-state index contributed by atoms with van der Waals surface area (Å²) >= 11 is 12.4. The summed E-state index contributed by atoms with van der Waals surface area (Å²) in [6, 6.07) is 27.6. The molecule has 1 atom stereocenters. The van der Waals surface area contributed by atoms with Crippen LogP contribution in [0.4, 0.5) is 5.69 Å². The molecule has 0 unspecified atom stereocenters. The lowest BCUT2D eigenvalue weighted by molar-refractivity contribution is -0.140. The van der Waals surface area contributed by atoms with E-state index >= 15 is 0 Å². The molecule has 0 aliphatic rings. The zero-order valence-electron chi connectivity index (χ0n) is 26.8. The van der Waals surface area contributed by atoms with Gasteiger partial charge in [0.05, 0.1) is 17.2 Å². The van der Waals surface area contributed by atoms with Crippen molar-refractivity contribution in [3.63, 3.8) is 0 Å². The van der Waals surface area contributed by atoms with Crippen molar-refractivity contribution in [3.05, 3.63) is 124 Å².